The SMILES string of the molecule is COc1ccc2c(c1)CN(S(=O)(=O)CC1CC(N(C)c3ncnc4[nH]ccc34)C1)C2. The molecule has 3 aromatic rings. The third kappa shape index (κ3) is 3.31. The van der Waals surface area contributed by atoms with E-state index in [1.165, 1.54) is 0 Å². The average molecular weight is 428 g/mol. The van der Waals surface area contributed by atoms with Gasteiger partial charge in [0.25, 0.3) is 0 Å². The number of nitrogens with one attached hydrogen (secondary N) is 1. The quantitative estimate of drug-likeness (QED) is 0.650. The molecule has 1 N–H and O–H groups in total. The number of aromatic nitrogens is 3. The molecule has 3 heterocycles. The highest BCUT2D eigenvalue weighted by atomic mass is 32.2. The lowest BCUT2D eigenvalue weighted by molar-refractivity contribution is 0.277. The minimum Gasteiger partial charge on any atom is -0.497 e. The van der Waals surface area contributed by atoms with Crippen molar-refractivity contribution in [3.8, 4) is 5.75 Å². The fourth-order valence-corrected chi connectivity index (χ4v) is 6.28. The molecule has 1 fully saturated rings. The van der Waals surface area contributed by atoms with Crippen LogP contribution in [0.1, 0.15) is 24.0 Å². The van der Waals surface area contributed by atoms with E-state index in [4.69, 9.17) is 4.74 Å². The summed E-state index contributed by atoms with van der Waals surface area (Å²) in [5.41, 5.74) is 2.91. The van der Waals surface area contributed by atoms with Crippen LogP contribution < -0.4 is 9.64 Å². The van der Waals surface area contributed by atoms with Crippen LogP contribution in [0.15, 0.2) is 36.8 Å². The van der Waals surface area contributed by atoms with E-state index in [0.29, 0.717) is 19.1 Å². The molecule has 0 amide bonds. The molecule has 2 aliphatic rings. The molecule has 1 aliphatic heterocycles. The van der Waals surface area contributed by atoms with Gasteiger partial charge in [-0.3, -0.25) is 0 Å². The Morgan fingerprint density at radius 2 is 2.00 bits per heavy atom. The second-order valence-electron chi connectivity index (χ2n) is 8.22. The molecule has 5 rings (SSSR count). The number of aromatic amines is 1. The Morgan fingerprint density at radius 1 is 1.20 bits per heavy atom. The Morgan fingerprint density at radius 3 is 2.80 bits per heavy atom. The Hall–Kier alpha value is -2.65. The van der Waals surface area contributed by atoms with Crippen LogP contribution in [0.5, 0.6) is 5.75 Å². The Kier molecular flexibility index (Phi) is 4.67. The van der Waals surface area contributed by atoms with Crippen LogP contribution in [0.25, 0.3) is 11.0 Å². The highest BCUT2D eigenvalue weighted by molar-refractivity contribution is 7.89. The van der Waals surface area contributed by atoms with E-state index >= 15 is 0 Å². The van der Waals surface area contributed by atoms with Crippen molar-refractivity contribution in [1.82, 2.24) is 19.3 Å². The predicted molar refractivity (Wildman–Crippen MR) is 115 cm³/mol. The van der Waals surface area contributed by atoms with Crippen molar-refractivity contribution in [3.05, 3.63) is 47.9 Å². The normalized spacial score (nSPS) is 21.4. The molecule has 0 radical (unpaired) electrons. The number of hydrogen-bond donors (Lipinski definition) is 1. The summed E-state index contributed by atoms with van der Waals surface area (Å²) in [6, 6.07) is 8.04. The van der Waals surface area contributed by atoms with E-state index in [-0.39, 0.29) is 11.7 Å². The van der Waals surface area contributed by atoms with Crippen LogP contribution in [-0.2, 0) is 23.1 Å². The van der Waals surface area contributed by atoms with Crippen LogP contribution in [0.2, 0.25) is 0 Å². The van der Waals surface area contributed by atoms with Crippen molar-refractivity contribution in [1.29, 1.82) is 0 Å². The van der Waals surface area contributed by atoms with Gasteiger partial charge >= 0.3 is 0 Å². The molecule has 30 heavy (non-hydrogen) atoms. The molecule has 0 bridgehead atoms. The maximum atomic E-state index is 13.0. The van der Waals surface area contributed by atoms with Gasteiger partial charge in [0.05, 0.1) is 18.2 Å². The standard InChI is InChI=1S/C21H25N5O3S/c1-25(21-19-5-6-22-20(19)23-13-24-21)17-7-14(8-17)12-30(27,28)26-10-15-3-4-18(29-2)9-16(15)11-26/h3-6,9,13-14,17H,7-8,10-12H2,1-2H3,(H,22,23,24). The van der Waals surface area contributed by atoms with Gasteiger partial charge in [-0.15, -0.1) is 0 Å². The van der Waals surface area contributed by atoms with Crippen LogP contribution in [0, 0.1) is 5.92 Å². The monoisotopic (exact) mass is 427 g/mol. The average Bonchev–Trinajstić information content (AvgIpc) is 3.36. The third-order valence-corrected chi connectivity index (χ3v) is 8.31. The number of sulfonamides is 1. The van der Waals surface area contributed by atoms with Crippen LogP contribution in [-0.4, -0.2) is 53.6 Å². The molecule has 158 valence electrons. The first kappa shape index (κ1) is 19.3. The topological polar surface area (TPSA) is 91.4 Å². The lowest BCUT2D eigenvalue weighted by Crippen LogP contribution is -2.46. The summed E-state index contributed by atoms with van der Waals surface area (Å²) < 4.78 is 32.9. The maximum Gasteiger partial charge on any atom is 0.214 e. The summed E-state index contributed by atoms with van der Waals surface area (Å²) >= 11 is 0. The lowest BCUT2D eigenvalue weighted by atomic mass is 9.81. The molecule has 1 saturated carbocycles. The highest BCUT2D eigenvalue weighted by Crippen LogP contribution is 2.37. The molecule has 0 unspecified atom stereocenters. The summed E-state index contributed by atoms with van der Waals surface area (Å²) in [4.78, 5) is 13.9. The molecular weight excluding hydrogens is 402 g/mol. The molecule has 8 nitrogen and oxygen atoms in total. The summed E-state index contributed by atoms with van der Waals surface area (Å²) in [5, 5.41) is 0.987. The number of benzene rings is 1. The smallest absolute Gasteiger partial charge is 0.214 e. The molecule has 1 aliphatic carbocycles. The van der Waals surface area contributed by atoms with Crippen molar-refractivity contribution in [3.63, 3.8) is 0 Å². The number of ether oxygens (including phenoxy) is 1. The van der Waals surface area contributed by atoms with Gasteiger partial charge in [-0.2, -0.15) is 4.31 Å². The van der Waals surface area contributed by atoms with Crippen LogP contribution in [0.3, 0.4) is 0 Å². The first-order valence-corrected chi connectivity index (χ1v) is 11.7. The highest BCUT2D eigenvalue weighted by Gasteiger charge is 2.39. The number of anilines is 1. The molecular formula is C21H25N5O3S. The molecule has 1 aromatic carbocycles. The van der Waals surface area contributed by atoms with Crippen molar-refractivity contribution < 1.29 is 13.2 Å². The zero-order valence-corrected chi connectivity index (χ0v) is 17.9. The number of rotatable bonds is 6. The summed E-state index contributed by atoms with van der Waals surface area (Å²) in [7, 11) is 0.342. The predicted octanol–water partition coefficient (Wildman–Crippen LogP) is 2.53. The minimum absolute atomic E-state index is 0.171. The van der Waals surface area contributed by atoms with Gasteiger partial charge in [-0.1, -0.05) is 6.07 Å². The summed E-state index contributed by atoms with van der Waals surface area (Å²) in [6.07, 6.45) is 5.11. The fourth-order valence-electron chi connectivity index (χ4n) is 4.53. The Balaban J connectivity index is 1.21. The Bertz CT molecular complexity index is 1190. The van der Waals surface area contributed by atoms with E-state index in [2.05, 4.69) is 19.9 Å². The zero-order valence-electron chi connectivity index (χ0n) is 17.1. The first-order chi connectivity index (χ1) is 14.4. The molecule has 0 atom stereocenters. The number of hydrogen-bond acceptors (Lipinski definition) is 6. The molecule has 0 spiro atoms. The first-order valence-electron chi connectivity index (χ1n) is 10.1. The van der Waals surface area contributed by atoms with E-state index in [0.717, 1.165) is 46.6 Å². The van der Waals surface area contributed by atoms with Gasteiger partial charge in [0.2, 0.25) is 10.0 Å². The fraction of sp³-hybridized carbons (Fsp3) is 0.429. The number of methoxy groups -OCH3 is 1. The van der Waals surface area contributed by atoms with E-state index in [9.17, 15) is 8.42 Å². The lowest BCUT2D eigenvalue weighted by Gasteiger charge is -2.42. The van der Waals surface area contributed by atoms with Crippen LogP contribution >= 0.6 is 0 Å². The summed E-state index contributed by atoms with van der Waals surface area (Å²) in [5.74, 6) is 2.02. The number of nitrogens with zero attached hydrogens (tertiary/aromatic N) is 4. The summed E-state index contributed by atoms with van der Waals surface area (Å²) in [6.45, 7) is 0.876. The van der Waals surface area contributed by atoms with Crippen molar-refractivity contribution >= 4 is 26.9 Å². The van der Waals surface area contributed by atoms with Crippen molar-refractivity contribution in [2.75, 3.05) is 24.8 Å². The maximum absolute atomic E-state index is 13.0. The van der Waals surface area contributed by atoms with Gasteiger partial charge in [0.15, 0.2) is 0 Å². The van der Waals surface area contributed by atoms with Gasteiger partial charge in [0.1, 0.15) is 23.5 Å². The van der Waals surface area contributed by atoms with Gasteiger partial charge in [-0.25, -0.2) is 18.4 Å². The third-order valence-electron chi connectivity index (χ3n) is 6.37. The molecule has 9 heteroatoms. The number of H-pyrrole nitrogens is 1. The van der Waals surface area contributed by atoms with Crippen molar-refractivity contribution in [2.24, 2.45) is 5.92 Å². The second-order valence-corrected chi connectivity index (χ2v) is 10.2. The van der Waals surface area contributed by atoms with E-state index < -0.39 is 10.0 Å². The zero-order chi connectivity index (χ0) is 20.9. The Labute approximate surface area is 175 Å². The van der Waals surface area contributed by atoms with Crippen molar-refractivity contribution in [2.45, 2.75) is 32.0 Å². The van der Waals surface area contributed by atoms with Gasteiger partial charge in [-0.05, 0) is 48.1 Å². The van der Waals surface area contributed by atoms with E-state index in [1.54, 1.807) is 17.7 Å². The second kappa shape index (κ2) is 7.24. The molecule has 0 saturated heterocycles. The van der Waals surface area contributed by atoms with Crippen LogP contribution in [0.4, 0.5) is 5.82 Å². The molecule has 2 aromatic heterocycles. The number of fused-ring (bicyclic) bond motifs is 2. The van der Waals surface area contributed by atoms with Gasteiger partial charge in [0, 0.05) is 32.4 Å². The largest absolute Gasteiger partial charge is 0.497 e. The van der Waals surface area contributed by atoms with Gasteiger partial charge < -0.3 is 14.6 Å². The minimum atomic E-state index is -3.30. The van der Waals surface area contributed by atoms with E-state index in [1.807, 2.05) is 37.5 Å².